The lowest BCUT2D eigenvalue weighted by Crippen LogP contribution is -2.23. The number of hydrogen-bond acceptors (Lipinski definition) is 1. The topological polar surface area (TPSA) is 26.0 Å². The summed E-state index contributed by atoms with van der Waals surface area (Å²) in [5, 5.41) is 0. The average Bonchev–Trinajstić information content (AvgIpc) is 2.33. The Kier molecular flexibility index (Phi) is 5.04. The molecule has 0 spiro atoms. The smallest absolute Gasteiger partial charge is 0.0130 e. The van der Waals surface area contributed by atoms with Gasteiger partial charge < -0.3 is 5.73 Å². The Morgan fingerprint density at radius 2 is 1.88 bits per heavy atom. The van der Waals surface area contributed by atoms with Crippen LogP contribution in [0.2, 0.25) is 0 Å². The molecule has 0 amide bonds. The van der Waals surface area contributed by atoms with Gasteiger partial charge in [0.25, 0.3) is 0 Å². The molecule has 0 fully saturated rings. The fourth-order valence-corrected chi connectivity index (χ4v) is 2.78. The molecule has 2 N–H and O–H groups in total. The van der Waals surface area contributed by atoms with Crippen LogP contribution in [0.5, 0.6) is 0 Å². The third kappa shape index (κ3) is 4.43. The highest BCUT2D eigenvalue weighted by Gasteiger charge is 2.09. The summed E-state index contributed by atoms with van der Waals surface area (Å²) in [5.41, 5.74) is 9.17. The normalized spacial score (nSPS) is 17.6. The number of allylic oxidation sites excluding steroid dienone is 1. The molecule has 1 nitrogen and oxygen atoms in total. The van der Waals surface area contributed by atoms with Crippen molar-refractivity contribution in [1.29, 1.82) is 0 Å². The molecule has 2 rings (SSSR count). The van der Waals surface area contributed by atoms with Gasteiger partial charge in [-0.1, -0.05) is 23.8 Å². The molecule has 0 saturated heterocycles. The van der Waals surface area contributed by atoms with Crippen LogP contribution in [0.25, 0.3) is 0 Å². The summed E-state index contributed by atoms with van der Waals surface area (Å²) < 4.78 is 1.29. The predicted octanol–water partition coefficient (Wildman–Crippen LogP) is 4.05. The van der Waals surface area contributed by atoms with E-state index in [9.17, 15) is 0 Å². The third-order valence-electron chi connectivity index (χ3n) is 3.32. The van der Waals surface area contributed by atoms with Crippen LogP contribution in [-0.4, -0.2) is 6.04 Å². The Labute approximate surface area is 118 Å². The molecule has 0 aliphatic heterocycles. The van der Waals surface area contributed by atoms with Crippen molar-refractivity contribution in [2.45, 2.75) is 44.6 Å². The monoisotopic (exact) mass is 341 g/mol. The molecule has 0 heterocycles. The van der Waals surface area contributed by atoms with Crippen molar-refractivity contribution in [1.82, 2.24) is 0 Å². The van der Waals surface area contributed by atoms with Crippen LogP contribution in [0, 0.1) is 3.57 Å². The van der Waals surface area contributed by atoms with E-state index >= 15 is 0 Å². The van der Waals surface area contributed by atoms with Gasteiger partial charge in [0.1, 0.15) is 0 Å². The molecule has 0 saturated carbocycles. The minimum atomic E-state index is 0.277. The molecule has 0 aromatic heterocycles. The Hall–Kier alpha value is -0.350. The molecule has 2 heteroatoms. The van der Waals surface area contributed by atoms with E-state index in [0.717, 1.165) is 12.8 Å². The quantitative estimate of drug-likeness (QED) is 0.649. The highest BCUT2D eigenvalue weighted by atomic mass is 127. The first-order chi connectivity index (χ1) is 8.24. The summed E-state index contributed by atoms with van der Waals surface area (Å²) in [4.78, 5) is 0. The number of hydrogen-bond donors (Lipinski definition) is 1. The number of rotatable bonds is 4. The van der Waals surface area contributed by atoms with Gasteiger partial charge in [0.15, 0.2) is 0 Å². The van der Waals surface area contributed by atoms with Crippen LogP contribution in [-0.2, 0) is 6.42 Å². The van der Waals surface area contributed by atoms with Gasteiger partial charge in [-0.15, -0.1) is 0 Å². The Bertz CT molecular complexity index is 380. The van der Waals surface area contributed by atoms with E-state index in [2.05, 4.69) is 52.9 Å². The molecule has 1 aromatic rings. The minimum absolute atomic E-state index is 0.277. The van der Waals surface area contributed by atoms with E-state index < -0.39 is 0 Å². The van der Waals surface area contributed by atoms with Gasteiger partial charge in [0.05, 0.1) is 0 Å². The largest absolute Gasteiger partial charge is 0.327 e. The number of nitrogens with two attached hydrogens (primary N) is 1. The van der Waals surface area contributed by atoms with E-state index in [4.69, 9.17) is 5.73 Å². The van der Waals surface area contributed by atoms with Crippen molar-refractivity contribution in [3.8, 4) is 0 Å². The zero-order valence-electron chi connectivity index (χ0n) is 10.2. The molecule has 17 heavy (non-hydrogen) atoms. The van der Waals surface area contributed by atoms with Crippen molar-refractivity contribution >= 4 is 22.6 Å². The van der Waals surface area contributed by atoms with E-state index in [1.165, 1.54) is 34.8 Å². The summed E-state index contributed by atoms with van der Waals surface area (Å²) in [6, 6.07) is 8.97. The molecular weight excluding hydrogens is 321 g/mol. The summed E-state index contributed by atoms with van der Waals surface area (Å²) in [7, 11) is 0. The third-order valence-corrected chi connectivity index (χ3v) is 4.04. The molecule has 92 valence electrons. The van der Waals surface area contributed by atoms with Gasteiger partial charge in [-0.3, -0.25) is 0 Å². The second-order valence-electron chi connectivity index (χ2n) is 4.90. The maximum atomic E-state index is 6.23. The molecule has 0 radical (unpaired) electrons. The van der Waals surface area contributed by atoms with E-state index in [0.29, 0.717) is 0 Å². The Balaban J connectivity index is 1.86. The maximum Gasteiger partial charge on any atom is 0.0130 e. The van der Waals surface area contributed by atoms with Crippen LogP contribution in [0.1, 0.15) is 37.7 Å². The zero-order chi connectivity index (χ0) is 12.1. The molecule has 1 aromatic carbocycles. The van der Waals surface area contributed by atoms with Crippen molar-refractivity contribution in [2.75, 3.05) is 0 Å². The zero-order valence-corrected chi connectivity index (χ0v) is 12.3. The molecule has 1 aliphatic carbocycles. The lowest BCUT2D eigenvalue weighted by molar-refractivity contribution is 0.605. The van der Waals surface area contributed by atoms with Crippen LogP contribution >= 0.6 is 22.6 Å². The first-order valence-corrected chi connectivity index (χ1v) is 7.50. The van der Waals surface area contributed by atoms with Crippen molar-refractivity contribution < 1.29 is 0 Å². The average molecular weight is 341 g/mol. The maximum absolute atomic E-state index is 6.23. The minimum Gasteiger partial charge on any atom is -0.327 e. The number of halogens is 1. The summed E-state index contributed by atoms with van der Waals surface area (Å²) in [5.74, 6) is 0. The van der Waals surface area contributed by atoms with Gasteiger partial charge in [-0.25, -0.2) is 0 Å². The van der Waals surface area contributed by atoms with Gasteiger partial charge in [0.2, 0.25) is 0 Å². The molecular formula is C15H20IN. The van der Waals surface area contributed by atoms with Gasteiger partial charge >= 0.3 is 0 Å². The van der Waals surface area contributed by atoms with E-state index in [-0.39, 0.29) is 6.04 Å². The Morgan fingerprint density at radius 3 is 2.53 bits per heavy atom. The fourth-order valence-electron chi connectivity index (χ4n) is 2.42. The second kappa shape index (κ2) is 6.55. The summed E-state index contributed by atoms with van der Waals surface area (Å²) in [6.45, 7) is 0. The number of benzene rings is 1. The molecule has 0 bridgehead atoms. The highest BCUT2D eigenvalue weighted by Crippen LogP contribution is 2.22. The van der Waals surface area contributed by atoms with Crippen LogP contribution in [0.3, 0.4) is 0 Å². The fraction of sp³-hybridized carbons (Fsp3) is 0.467. The Morgan fingerprint density at radius 1 is 1.12 bits per heavy atom. The first-order valence-electron chi connectivity index (χ1n) is 6.42. The van der Waals surface area contributed by atoms with Crippen LogP contribution < -0.4 is 5.73 Å². The van der Waals surface area contributed by atoms with Gasteiger partial charge in [-0.2, -0.15) is 0 Å². The van der Waals surface area contributed by atoms with Gasteiger partial charge in [0, 0.05) is 9.61 Å². The predicted molar refractivity (Wildman–Crippen MR) is 82.0 cm³/mol. The standard InChI is InChI=1S/C15H20IN/c16-14-8-6-13(7-9-14)11-15(17)10-12-4-2-1-3-5-12/h4,6-9,15H,1-3,5,10-11,17H2. The highest BCUT2D eigenvalue weighted by molar-refractivity contribution is 14.1. The van der Waals surface area contributed by atoms with Crippen molar-refractivity contribution in [3.63, 3.8) is 0 Å². The molecule has 1 unspecified atom stereocenters. The van der Waals surface area contributed by atoms with E-state index in [1.807, 2.05) is 0 Å². The van der Waals surface area contributed by atoms with E-state index in [1.54, 1.807) is 5.57 Å². The SMILES string of the molecule is NC(CC1=CCCCC1)Cc1ccc(I)cc1. The van der Waals surface area contributed by atoms with Crippen molar-refractivity contribution in [3.05, 3.63) is 45.0 Å². The van der Waals surface area contributed by atoms with Crippen molar-refractivity contribution in [2.24, 2.45) is 5.73 Å². The first kappa shape index (κ1) is 13.1. The molecule has 1 aliphatic rings. The van der Waals surface area contributed by atoms with Crippen LogP contribution in [0.15, 0.2) is 35.9 Å². The summed E-state index contributed by atoms with van der Waals surface area (Å²) >= 11 is 2.33. The lowest BCUT2D eigenvalue weighted by Gasteiger charge is -2.17. The molecule has 1 atom stereocenters. The van der Waals surface area contributed by atoms with Crippen LogP contribution in [0.4, 0.5) is 0 Å². The lowest BCUT2D eigenvalue weighted by atomic mass is 9.92. The summed E-state index contributed by atoms with van der Waals surface area (Å²) in [6.07, 6.45) is 9.70. The van der Waals surface area contributed by atoms with Gasteiger partial charge in [-0.05, 0) is 78.8 Å². The second-order valence-corrected chi connectivity index (χ2v) is 6.15.